The van der Waals surface area contributed by atoms with Crippen LogP contribution in [0.15, 0.2) is 54.6 Å². The van der Waals surface area contributed by atoms with E-state index < -0.39 is 6.29 Å². The van der Waals surface area contributed by atoms with Crippen LogP contribution in [0.1, 0.15) is 95.6 Å². The first-order valence-electron chi connectivity index (χ1n) is 14.2. The van der Waals surface area contributed by atoms with Crippen molar-refractivity contribution in [3.63, 3.8) is 0 Å². The Morgan fingerprint density at radius 2 is 1.33 bits per heavy atom. The van der Waals surface area contributed by atoms with Crippen LogP contribution >= 0.6 is 0 Å². The highest BCUT2D eigenvalue weighted by Gasteiger charge is 2.23. The molecule has 0 aliphatic carbocycles. The van der Waals surface area contributed by atoms with E-state index in [2.05, 4.69) is 31.2 Å². The van der Waals surface area contributed by atoms with Gasteiger partial charge in [0, 0.05) is 12.5 Å². The molecule has 1 atom stereocenters. The molecule has 0 heterocycles. The van der Waals surface area contributed by atoms with Crippen molar-refractivity contribution in [3.8, 4) is 5.75 Å². The molecule has 2 aromatic rings. The van der Waals surface area contributed by atoms with Crippen molar-refractivity contribution in [3.05, 3.63) is 65.7 Å². The summed E-state index contributed by atoms with van der Waals surface area (Å²) in [4.78, 5) is 12.6. The fourth-order valence-electron chi connectivity index (χ4n) is 4.71. The SMILES string of the molecule is CCCCCCCCCCCCCc1ccccc1OC(C)OC(=O)C[N+](C)(C)Cc1ccccc1. The quantitative estimate of drug-likeness (QED) is 0.0853. The summed E-state index contributed by atoms with van der Waals surface area (Å²) < 4.78 is 12.2. The summed E-state index contributed by atoms with van der Waals surface area (Å²) in [6, 6.07) is 18.4. The second-order valence-electron chi connectivity index (χ2n) is 10.8. The normalized spacial score (nSPS) is 12.3. The molecule has 0 saturated heterocycles. The number of rotatable bonds is 19. The Bertz CT molecular complexity index is 849. The maximum atomic E-state index is 12.6. The van der Waals surface area contributed by atoms with Gasteiger partial charge in [-0.15, -0.1) is 0 Å². The number of hydrogen-bond donors (Lipinski definition) is 0. The number of benzene rings is 2. The van der Waals surface area contributed by atoms with Crippen LogP contribution in [-0.2, 0) is 22.5 Å². The number of ether oxygens (including phenoxy) is 2. The number of unbranched alkanes of at least 4 members (excludes halogenated alkanes) is 10. The molecule has 4 heteroatoms. The van der Waals surface area contributed by atoms with Crippen LogP contribution in [0.25, 0.3) is 0 Å². The van der Waals surface area contributed by atoms with Gasteiger partial charge in [-0.05, 0) is 24.5 Å². The van der Waals surface area contributed by atoms with E-state index in [1.54, 1.807) is 6.92 Å². The van der Waals surface area contributed by atoms with Crippen molar-refractivity contribution >= 4 is 5.97 Å². The first-order valence-corrected chi connectivity index (χ1v) is 14.2. The van der Waals surface area contributed by atoms with Crippen molar-refractivity contribution in [2.75, 3.05) is 20.6 Å². The average Bonchev–Trinajstić information content (AvgIpc) is 2.83. The van der Waals surface area contributed by atoms with E-state index in [0.717, 1.165) is 25.1 Å². The van der Waals surface area contributed by atoms with E-state index in [9.17, 15) is 4.79 Å². The lowest BCUT2D eigenvalue weighted by Gasteiger charge is -2.29. The summed E-state index contributed by atoms with van der Waals surface area (Å²) in [5.74, 6) is 0.578. The number of likely N-dealkylation sites (N-methyl/N-ethyl adjacent to an activating group) is 1. The van der Waals surface area contributed by atoms with Crippen LogP contribution in [0.5, 0.6) is 5.75 Å². The summed E-state index contributed by atoms with van der Waals surface area (Å²) in [6.45, 7) is 5.14. The van der Waals surface area contributed by atoms with E-state index in [4.69, 9.17) is 9.47 Å². The molecule has 2 rings (SSSR count). The average molecular weight is 497 g/mol. The van der Waals surface area contributed by atoms with Crippen molar-refractivity contribution in [2.24, 2.45) is 0 Å². The van der Waals surface area contributed by atoms with Gasteiger partial charge in [-0.25, -0.2) is 4.79 Å². The number of carbonyl (C=O) groups is 1. The topological polar surface area (TPSA) is 35.5 Å². The van der Waals surface area contributed by atoms with Crippen LogP contribution in [0.4, 0.5) is 0 Å². The number of aryl methyl sites for hydroxylation is 1. The van der Waals surface area contributed by atoms with Crippen molar-refractivity contribution in [1.29, 1.82) is 0 Å². The highest BCUT2D eigenvalue weighted by molar-refractivity contribution is 5.70. The third-order valence-corrected chi connectivity index (χ3v) is 6.62. The van der Waals surface area contributed by atoms with Crippen molar-refractivity contribution < 1.29 is 18.8 Å². The number of quaternary nitrogens is 1. The minimum Gasteiger partial charge on any atom is -0.455 e. The highest BCUT2D eigenvalue weighted by Crippen LogP contribution is 2.23. The molecule has 0 radical (unpaired) electrons. The van der Waals surface area contributed by atoms with E-state index in [1.165, 1.54) is 75.3 Å². The Morgan fingerprint density at radius 3 is 1.97 bits per heavy atom. The zero-order valence-electron chi connectivity index (χ0n) is 23.3. The zero-order chi connectivity index (χ0) is 26.1. The molecule has 4 nitrogen and oxygen atoms in total. The molecule has 0 amide bonds. The number of esters is 1. The fraction of sp³-hybridized carbons (Fsp3) is 0.594. The number of nitrogens with zero attached hydrogens (tertiary/aromatic N) is 1. The van der Waals surface area contributed by atoms with E-state index in [0.29, 0.717) is 11.0 Å². The van der Waals surface area contributed by atoms with Gasteiger partial charge in [0.2, 0.25) is 6.29 Å². The Balaban J connectivity index is 1.67. The van der Waals surface area contributed by atoms with Gasteiger partial charge in [0.05, 0.1) is 14.1 Å². The van der Waals surface area contributed by atoms with Crippen LogP contribution in [0.3, 0.4) is 0 Å². The Morgan fingerprint density at radius 1 is 0.778 bits per heavy atom. The number of hydrogen-bond acceptors (Lipinski definition) is 3. The van der Waals surface area contributed by atoms with Crippen molar-refractivity contribution in [1.82, 2.24) is 0 Å². The molecular formula is C32H50NO3+. The van der Waals surface area contributed by atoms with Gasteiger partial charge in [-0.3, -0.25) is 0 Å². The molecule has 200 valence electrons. The molecular weight excluding hydrogens is 446 g/mol. The summed E-state index contributed by atoms with van der Waals surface area (Å²) in [7, 11) is 4.09. The van der Waals surface area contributed by atoms with Gasteiger partial charge in [0.25, 0.3) is 0 Å². The van der Waals surface area contributed by atoms with Gasteiger partial charge in [0.1, 0.15) is 12.3 Å². The molecule has 0 spiro atoms. The second kappa shape index (κ2) is 17.2. The molecule has 0 aliphatic heterocycles. The van der Waals surface area contributed by atoms with Crippen molar-refractivity contribution in [2.45, 2.75) is 104 Å². The van der Waals surface area contributed by atoms with E-state index >= 15 is 0 Å². The summed E-state index contributed by atoms with van der Waals surface area (Å²) >= 11 is 0. The molecule has 2 aromatic carbocycles. The zero-order valence-corrected chi connectivity index (χ0v) is 23.3. The highest BCUT2D eigenvalue weighted by atomic mass is 16.7. The largest absolute Gasteiger partial charge is 0.455 e. The molecule has 36 heavy (non-hydrogen) atoms. The molecule has 0 aromatic heterocycles. The molecule has 0 N–H and O–H groups in total. The van der Waals surface area contributed by atoms with Gasteiger partial charge in [-0.1, -0.05) is 120 Å². The minimum atomic E-state index is -0.618. The molecule has 0 fully saturated rings. The van der Waals surface area contributed by atoms with Crippen LogP contribution in [0.2, 0.25) is 0 Å². The lowest BCUT2D eigenvalue weighted by Crippen LogP contribution is -2.44. The maximum Gasteiger partial charge on any atom is 0.364 e. The van der Waals surface area contributed by atoms with Gasteiger partial charge in [-0.2, -0.15) is 0 Å². The lowest BCUT2D eigenvalue weighted by molar-refractivity contribution is -0.896. The third-order valence-electron chi connectivity index (χ3n) is 6.62. The number of carbonyl (C=O) groups excluding carboxylic acids is 1. The summed E-state index contributed by atoms with van der Waals surface area (Å²) in [6.07, 6.45) is 15.1. The first-order chi connectivity index (χ1) is 17.4. The van der Waals surface area contributed by atoms with Gasteiger partial charge >= 0.3 is 5.97 Å². The molecule has 0 saturated carbocycles. The summed E-state index contributed by atoms with van der Waals surface area (Å²) in [5.41, 5.74) is 2.40. The lowest BCUT2D eigenvalue weighted by atomic mass is 10.0. The Kier molecular flexibility index (Phi) is 14.3. The number of para-hydroxylation sites is 1. The van der Waals surface area contributed by atoms with Gasteiger partial charge in [0.15, 0.2) is 6.54 Å². The monoisotopic (exact) mass is 496 g/mol. The fourth-order valence-corrected chi connectivity index (χ4v) is 4.71. The minimum absolute atomic E-state index is 0.244. The predicted molar refractivity (Wildman–Crippen MR) is 150 cm³/mol. The first kappa shape index (κ1) is 29.9. The molecule has 0 bridgehead atoms. The van der Waals surface area contributed by atoms with Crippen LogP contribution in [-0.4, -0.2) is 37.4 Å². The van der Waals surface area contributed by atoms with Gasteiger partial charge < -0.3 is 14.0 Å². The second-order valence-corrected chi connectivity index (χ2v) is 10.8. The van der Waals surface area contributed by atoms with E-state index in [-0.39, 0.29) is 5.97 Å². The predicted octanol–water partition coefficient (Wildman–Crippen LogP) is 8.08. The Labute approximate surface area is 220 Å². The van der Waals surface area contributed by atoms with E-state index in [1.807, 2.05) is 44.4 Å². The Hall–Kier alpha value is -2.33. The smallest absolute Gasteiger partial charge is 0.364 e. The third kappa shape index (κ3) is 13.1. The van der Waals surface area contributed by atoms with Crippen LogP contribution < -0.4 is 4.74 Å². The summed E-state index contributed by atoms with van der Waals surface area (Å²) in [5, 5.41) is 0. The maximum absolute atomic E-state index is 12.6. The van der Waals surface area contributed by atoms with Crippen LogP contribution in [0, 0.1) is 0 Å². The molecule has 0 aliphatic rings. The molecule has 1 unspecified atom stereocenters. The standard InChI is InChI=1S/C32H50NO3/c1-5-6-7-8-9-10-11-12-13-14-18-23-30-24-19-20-25-31(30)35-28(2)36-32(34)27-33(3,4)26-29-21-16-15-17-22-29/h15-17,19-22,24-25,28H,5-14,18,23,26-27H2,1-4H3/q+1.